The maximum atomic E-state index is 14.2. The van der Waals surface area contributed by atoms with Crippen molar-refractivity contribution in [2.24, 2.45) is 10.9 Å². The quantitative estimate of drug-likeness (QED) is 0.276. The maximum absolute atomic E-state index is 14.2. The van der Waals surface area contributed by atoms with Crippen molar-refractivity contribution >= 4 is 28.3 Å². The molecule has 3 aromatic carbocycles. The van der Waals surface area contributed by atoms with Gasteiger partial charge in [-0.1, -0.05) is 55.8 Å². The number of amidine groups is 1. The summed E-state index contributed by atoms with van der Waals surface area (Å²) in [6, 6.07) is 20.0. The molecule has 0 fully saturated rings. The Balaban J connectivity index is 1.73. The number of hydrogen-bond acceptors (Lipinski definition) is 4. The van der Waals surface area contributed by atoms with E-state index in [4.69, 9.17) is 21.6 Å². The molecule has 5 rings (SSSR count). The summed E-state index contributed by atoms with van der Waals surface area (Å²) in [5, 5.41) is 1.06. The van der Waals surface area contributed by atoms with Gasteiger partial charge in [0, 0.05) is 17.1 Å². The van der Waals surface area contributed by atoms with E-state index in [1.807, 2.05) is 36.4 Å². The zero-order valence-corrected chi connectivity index (χ0v) is 23.1. The Kier molecular flexibility index (Phi) is 6.86. The van der Waals surface area contributed by atoms with Crippen LogP contribution in [-0.4, -0.2) is 32.4 Å². The van der Waals surface area contributed by atoms with Gasteiger partial charge in [-0.15, -0.1) is 0 Å². The van der Waals surface area contributed by atoms with Gasteiger partial charge in [-0.25, -0.2) is 9.37 Å². The van der Waals surface area contributed by atoms with Crippen molar-refractivity contribution in [3.05, 3.63) is 110 Å². The number of rotatable bonds is 6. The molecule has 0 radical (unpaired) electrons. The van der Waals surface area contributed by atoms with E-state index in [0.29, 0.717) is 40.4 Å². The smallest absolute Gasteiger partial charge is 0.261 e. The lowest BCUT2D eigenvalue weighted by molar-refractivity contribution is 0.225. The first-order valence-corrected chi connectivity index (χ1v) is 13.3. The summed E-state index contributed by atoms with van der Waals surface area (Å²) < 4.78 is 15.9. The van der Waals surface area contributed by atoms with Crippen LogP contribution in [0.2, 0.25) is 5.02 Å². The first-order chi connectivity index (χ1) is 18.0. The molecule has 0 aliphatic carbocycles. The number of fused-ring (bicyclic) bond motifs is 1. The van der Waals surface area contributed by atoms with Gasteiger partial charge in [-0.2, -0.15) is 0 Å². The van der Waals surface area contributed by atoms with Crippen molar-refractivity contribution in [2.45, 2.75) is 52.7 Å². The van der Waals surface area contributed by atoms with Crippen molar-refractivity contribution in [1.82, 2.24) is 14.5 Å². The second-order valence-corrected chi connectivity index (χ2v) is 11.5. The van der Waals surface area contributed by atoms with E-state index >= 15 is 0 Å². The van der Waals surface area contributed by atoms with Crippen molar-refractivity contribution in [1.29, 1.82) is 0 Å². The molecule has 38 heavy (non-hydrogen) atoms. The van der Waals surface area contributed by atoms with E-state index in [0.717, 1.165) is 17.0 Å². The highest BCUT2D eigenvalue weighted by molar-refractivity contribution is 6.31. The molecule has 4 aromatic rings. The minimum Gasteiger partial charge on any atom is -0.344 e. The third-order valence-corrected chi connectivity index (χ3v) is 7.25. The third kappa shape index (κ3) is 4.97. The van der Waals surface area contributed by atoms with Crippen LogP contribution in [0.5, 0.6) is 0 Å². The highest BCUT2D eigenvalue weighted by Crippen LogP contribution is 2.36. The van der Waals surface area contributed by atoms with Crippen molar-refractivity contribution in [2.75, 3.05) is 6.54 Å². The van der Waals surface area contributed by atoms with E-state index in [9.17, 15) is 9.18 Å². The number of aromatic nitrogens is 2. The predicted molar refractivity (Wildman–Crippen MR) is 153 cm³/mol. The van der Waals surface area contributed by atoms with Gasteiger partial charge in [-0.3, -0.25) is 14.4 Å². The fourth-order valence-corrected chi connectivity index (χ4v) is 5.44. The summed E-state index contributed by atoms with van der Waals surface area (Å²) in [6.07, 6.45) is 0. The summed E-state index contributed by atoms with van der Waals surface area (Å²) in [4.78, 5) is 26.3. The minimum absolute atomic E-state index is 0.0844. The molecule has 5 nitrogen and oxygen atoms in total. The van der Waals surface area contributed by atoms with Crippen LogP contribution in [0.15, 0.2) is 76.5 Å². The lowest BCUT2D eigenvalue weighted by atomic mass is 9.97. The molecule has 0 spiro atoms. The second-order valence-electron chi connectivity index (χ2n) is 11.0. The molecule has 196 valence electrons. The van der Waals surface area contributed by atoms with Gasteiger partial charge in [0.2, 0.25) is 0 Å². The average Bonchev–Trinajstić information content (AvgIpc) is 3.18. The van der Waals surface area contributed by atoms with Gasteiger partial charge in [-0.05, 0) is 74.2 Å². The summed E-state index contributed by atoms with van der Waals surface area (Å²) in [7, 11) is 0. The van der Waals surface area contributed by atoms with Gasteiger partial charge in [0.15, 0.2) is 0 Å². The van der Waals surface area contributed by atoms with Crippen LogP contribution in [0.4, 0.5) is 4.39 Å². The number of aliphatic imine (C=N–C) groups is 1. The highest BCUT2D eigenvalue weighted by atomic mass is 35.5. The van der Waals surface area contributed by atoms with E-state index in [2.05, 4.69) is 32.6 Å². The van der Waals surface area contributed by atoms with Crippen LogP contribution in [0.1, 0.15) is 56.3 Å². The lowest BCUT2D eigenvalue weighted by Gasteiger charge is -2.35. The molecule has 1 aromatic heterocycles. The Morgan fingerprint density at radius 3 is 2.47 bits per heavy atom. The molecular formula is C31H32ClFN4O. The molecule has 0 amide bonds. The van der Waals surface area contributed by atoms with Crippen LogP contribution in [0.3, 0.4) is 0 Å². The SMILES string of the molecule is Cc1cc(C2=NC(C)(C)CN2C(c2nc3cc(Cl)ccc3c(=O)n2Cc2ccccc2)C(C)C)ccc1F. The van der Waals surface area contributed by atoms with E-state index in [1.165, 1.54) is 6.07 Å². The Hall–Kier alpha value is -3.51. The van der Waals surface area contributed by atoms with Crippen LogP contribution < -0.4 is 5.56 Å². The molecule has 2 heterocycles. The topological polar surface area (TPSA) is 50.5 Å². The summed E-state index contributed by atoms with van der Waals surface area (Å²) in [6.45, 7) is 11.2. The van der Waals surface area contributed by atoms with Crippen LogP contribution >= 0.6 is 11.6 Å². The van der Waals surface area contributed by atoms with Gasteiger partial charge in [0.25, 0.3) is 5.56 Å². The molecule has 0 N–H and O–H groups in total. The molecule has 0 saturated carbocycles. The minimum atomic E-state index is -0.366. The summed E-state index contributed by atoms with van der Waals surface area (Å²) >= 11 is 6.32. The number of hydrogen-bond donors (Lipinski definition) is 0. The van der Waals surface area contributed by atoms with E-state index in [-0.39, 0.29) is 28.9 Å². The van der Waals surface area contributed by atoms with Crippen LogP contribution in [0.25, 0.3) is 10.9 Å². The van der Waals surface area contributed by atoms with Gasteiger partial charge in [0.05, 0.1) is 29.0 Å². The van der Waals surface area contributed by atoms with Crippen molar-refractivity contribution in [3.63, 3.8) is 0 Å². The second kappa shape index (κ2) is 9.99. The van der Waals surface area contributed by atoms with Gasteiger partial charge in [0.1, 0.15) is 17.5 Å². The zero-order valence-electron chi connectivity index (χ0n) is 22.4. The fourth-order valence-electron chi connectivity index (χ4n) is 5.28. The molecule has 1 atom stereocenters. The molecule has 1 aliphatic heterocycles. The predicted octanol–water partition coefficient (Wildman–Crippen LogP) is 6.78. The average molecular weight is 531 g/mol. The van der Waals surface area contributed by atoms with Crippen molar-refractivity contribution < 1.29 is 4.39 Å². The molecule has 1 aliphatic rings. The monoisotopic (exact) mass is 530 g/mol. The molecule has 0 saturated heterocycles. The van der Waals surface area contributed by atoms with Crippen LogP contribution in [-0.2, 0) is 6.54 Å². The number of halogens is 2. The highest BCUT2D eigenvalue weighted by Gasteiger charge is 2.40. The Morgan fingerprint density at radius 2 is 1.79 bits per heavy atom. The zero-order chi connectivity index (χ0) is 27.2. The van der Waals surface area contributed by atoms with E-state index in [1.54, 1.807) is 35.8 Å². The normalized spacial score (nSPS) is 15.8. The van der Waals surface area contributed by atoms with Crippen molar-refractivity contribution in [3.8, 4) is 0 Å². The first kappa shape index (κ1) is 26.1. The standard InChI is InChI=1S/C31H32ClFN4O/c1-19(2)27(37-18-31(4,5)35-28(37)22-11-14-25(33)20(3)15-22)29-34-26-16-23(32)12-13-24(26)30(38)36(29)17-21-9-7-6-8-10-21/h6-16,19,27H,17-18H2,1-5H3. The Bertz CT molecular complexity index is 1590. The molecular weight excluding hydrogens is 499 g/mol. The molecule has 1 unspecified atom stereocenters. The Labute approximate surface area is 227 Å². The first-order valence-electron chi connectivity index (χ1n) is 12.9. The number of nitrogens with zero attached hydrogens (tertiary/aromatic N) is 4. The Morgan fingerprint density at radius 1 is 1.05 bits per heavy atom. The lowest BCUT2D eigenvalue weighted by Crippen LogP contribution is -2.42. The molecule has 0 bridgehead atoms. The van der Waals surface area contributed by atoms with Crippen LogP contribution in [0, 0.1) is 18.7 Å². The summed E-state index contributed by atoms with van der Waals surface area (Å²) in [5.74, 6) is 1.28. The fraction of sp³-hybridized carbons (Fsp3) is 0.323. The molecule has 7 heteroatoms. The third-order valence-electron chi connectivity index (χ3n) is 7.02. The van der Waals surface area contributed by atoms with E-state index < -0.39 is 0 Å². The maximum Gasteiger partial charge on any atom is 0.261 e. The largest absolute Gasteiger partial charge is 0.344 e. The number of aryl methyl sites for hydroxylation is 1. The number of benzene rings is 3. The van der Waals surface area contributed by atoms with Gasteiger partial charge >= 0.3 is 0 Å². The summed E-state index contributed by atoms with van der Waals surface area (Å²) in [5.41, 5.74) is 2.53. The van der Waals surface area contributed by atoms with Gasteiger partial charge < -0.3 is 4.90 Å².